The van der Waals surface area contributed by atoms with Gasteiger partial charge >= 0.3 is 6.18 Å². The lowest BCUT2D eigenvalue weighted by molar-refractivity contribution is -0.250. The molecule has 22 heavy (non-hydrogen) atoms. The molecule has 1 N–H and O–H groups in total. The summed E-state index contributed by atoms with van der Waals surface area (Å²) in [5, 5.41) is 3.33. The molecule has 0 bridgehead atoms. The van der Waals surface area contributed by atoms with Crippen LogP contribution in [0.5, 0.6) is 0 Å². The highest BCUT2D eigenvalue weighted by molar-refractivity contribution is 6.69. The number of nitrogens with one attached hydrogen (secondary N) is 1. The summed E-state index contributed by atoms with van der Waals surface area (Å²) in [6.07, 6.45) is -0.982. The molecular weight excluding hydrogens is 307 g/mol. The van der Waals surface area contributed by atoms with Crippen molar-refractivity contribution in [2.45, 2.75) is 63.6 Å². The van der Waals surface area contributed by atoms with Gasteiger partial charge in [-0.3, -0.25) is 0 Å². The predicted molar refractivity (Wildman–Crippen MR) is 85.5 cm³/mol. The van der Waals surface area contributed by atoms with Crippen molar-refractivity contribution in [2.24, 2.45) is 0 Å². The smallest absolute Gasteiger partial charge is 0.401 e. The maximum atomic E-state index is 13.6. The van der Waals surface area contributed by atoms with Gasteiger partial charge in [-0.05, 0) is 63.5 Å². The van der Waals surface area contributed by atoms with Crippen molar-refractivity contribution in [3.63, 3.8) is 0 Å². The second kappa shape index (κ2) is 5.89. The van der Waals surface area contributed by atoms with Crippen molar-refractivity contribution < 1.29 is 17.6 Å². The monoisotopic (exact) mass is 331 g/mol. The standard InChI is InChI=1S/C16H24F3NOSi/c1-15(16(17,18)19,21-22(2,3)4)12-8-10-14(11-9-12)20-13-6-5-7-13/h8-11,13,20H,5-7H2,1-4H3. The third-order valence-corrected chi connectivity index (χ3v) is 4.98. The molecule has 124 valence electrons. The van der Waals surface area contributed by atoms with Crippen LogP contribution in [-0.4, -0.2) is 20.5 Å². The molecule has 6 heteroatoms. The number of halogens is 3. The van der Waals surface area contributed by atoms with Crippen molar-refractivity contribution in [2.75, 3.05) is 5.32 Å². The largest absolute Gasteiger partial charge is 0.420 e. The summed E-state index contributed by atoms with van der Waals surface area (Å²) in [6.45, 7) is 6.43. The van der Waals surface area contributed by atoms with Gasteiger partial charge in [-0.2, -0.15) is 13.2 Å². The number of benzene rings is 1. The van der Waals surface area contributed by atoms with Crippen molar-refractivity contribution >= 4 is 14.0 Å². The van der Waals surface area contributed by atoms with E-state index in [-0.39, 0.29) is 5.56 Å². The summed E-state index contributed by atoms with van der Waals surface area (Å²) in [4.78, 5) is 0. The molecule has 1 fully saturated rings. The summed E-state index contributed by atoms with van der Waals surface area (Å²) < 4.78 is 46.3. The lowest BCUT2D eigenvalue weighted by Gasteiger charge is -2.38. The van der Waals surface area contributed by atoms with Crippen LogP contribution in [0, 0.1) is 0 Å². The van der Waals surface area contributed by atoms with Crippen LogP contribution in [0.1, 0.15) is 31.7 Å². The van der Waals surface area contributed by atoms with E-state index < -0.39 is 20.1 Å². The summed E-state index contributed by atoms with van der Waals surface area (Å²) in [5.74, 6) is 0. The van der Waals surface area contributed by atoms with Crippen LogP contribution in [-0.2, 0) is 10.0 Å². The van der Waals surface area contributed by atoms with Gasteiger partial charge < -0.3 is 9.74 Å². The fraction of sp³-hybridized carbons (Fsp3) is 0.625. The van der Waals surface area contributed by atoms with Crippen molar-refractivity contribution in [3.05, 3.63) is 29.8 Å². The Morgan fingerprint density at radius 1 is 1.09 bits per heavy atom. The molecule has 0 radical (unpaired) electrons. The summed E-state index contributed by atoms with van der Waals surface area (Å²) in [5.41, 5.74) is -1.24. The SMILES string of the molecule is CC(O[Si](C)(C)C)(c1ccc(NC2CCC2)cc1)C(F)(F)F. The van der Waals surface area contributed by atoms with Crippen LogP contribution in [0.25, 0.3) is 0 Å². The van der Waals surface area contributed by atoms with Gasteiger partial charge in [-0.25, -0.2) is 0 Å². The van der Waals surface area contributed by atoms with Crippen molar-refractivity contribution in [3.8, 4) is 0 Å². The molecule has 1 aliphatic carbocycles. The van der Waals surface area contributed by atoms with E-state index in [2.05, 4.69) is 5.32 Å². The van der Waals surface area contributed by atoms with Gasteiger partial charge in [-0.1, -0.05) is 12.1 Å². The molecule has 0 aliphatic heterocycles. The third kappa shape index (κ3) is 3.84. The molecule has 2 rings (SSSR count). The summed E-state index contributed by atoms with van der Waals surface area (Å²) >= 11 is 0. The highest BCUT2D eigenvalue weighted by Gasteiger charge is 2.55. The number of anilines is 1. The quantitative estimate of drug-likeness (QED) is 0.741. The van der Waals surface area contributed by atoms with Crippen LogP contribution in [0.3, 0.4) is 0 Å². The van der Waals surface area contributed by atoms with Gasteiger partial charge in [-0.15, -0.1) is 0 Å². The Labute approximate surface area is 131 Å². The Kier molecular flexibility index (Phi) is 4.64. The molecule has 1 aromatic carbocycles. The number of hydrogen-bond donors (Lipinski definition) is 1. The average molecular weight is 331 g/mol. The highest BCUT2D eigenvalue weighted by Crippen LogP contribution is 2.44. The zero-order valence-electron chi connectivity index (χ0n) is 13.6. The Hall–Kier alpha value is -1.01. The molecule has 0 spiro atoms. The molecule has 1 aliphatic rings. The average Bonchev–Trinajstić information content (AvgIpc) is 2.31. The van der Waals surface area contributed by atoms with Crippen molar-refractivity contribution in [1.29, 1.82) is 0 Å². The molecule has 1 aromatic rings. The second-order valence-corrected chi connectivity index (χ2v) is 11.5. The van der Waals surface area contributed by atoms with Gasteiger partial charge in [0.15, 0.2) is 13.9 Å². The zero-order chi connectivity index (χ0) is 16.6. The van der Waals surface area contributed by atoms with Gasteiger partial charge in [0.25, 0.3) is 0 Å². The third-order valence-electron chi connectivity index (χ3n) is 3.96. The van der Waals surface area contributed by atoms with E-state index in [0.29, 0.717) is 6.04 Å². The maximum absolute atomic E-state index is 13.6. The first-order valence-corrected chi connectivity index (χ1v) is 11.1. The minimum absolute atomic E-state index is 0.154. The topological polar surface area (TPSA) is 21.3 Å². The van der Waals surface area contributed by atoms with Crippen LogP contribution >= 0.6 is 0 Å². The van der Waals surface area contributed by atoms with Crippen LogP contribution in [0.2, 0.25) is 19.6 Å². The Bertz CT molecular complexity index is 506. The number of rotatable bonds is 5. The number of hydrogen-bond acceptors (Lipinski definition) is 2. The first-order valence-electron chi connectivity index (χ1n) is 7.65. The first kappa shape index (κ1) is 17.3. The van der Waals surface area contributed by atoms with Crippen LogP contribution < -0.4 is 5.32 Å². The van der Waals surface area contributed by atoms with Gasteiger partial charge in [0.2, 0.25) is 0 Å². The molecule has 0 amide bonds. The molecule has 0 heterocycles. The van der Waals surface area contributed by atoms with E-state index in [9.17, 15) is 13.2 Å². The van der Waals surface area contributed by atoms with E-state index >= 15 is 0 Å². The fourth-order valence-electron chi connectivity index (χ4n) is 2.57. The molecule has 0 saturated heterocycles. The van der Waals surface area contributed by atoms with Crippen LogP contribution in [0.4, 0.5) is 18.9 Å². The minimum atomic E-state index is -4.45. The maximum Gasteiger partial charge on any atom is 0.420 e. The fourth-order valence-corrected chi connectivity index (χ4v) is 4.02. The van der Waals surface area contributed by atoms with Gasteiger partial charge in [0, 0.05) is 11.7 Å². The van der Waals surface area contributed by atoms with E-state index in [4.69, 9.17) is 4.43 Å². The normalized spacial score (nSPS) is 19.4. The lowest BCUT2D eigenvalue weighted by Crippen LogP contribution is -2.48. The molecule has 0 aromatic heterocycles. The van der Waals surface area contributed by atoms with Crippen molar-refractivity contribution in [1.82, 2.24) is 0 Å². The second-order valence-electron chi connectivity index (χ2n) is 7.09. The van der Waals surface area contributed by atoms with Gasteiger partial charge in [0.1, 0.15) is 0 Å². The summed E-state index contributed by atoms with van der Waals surface area (Å²) in [6, 6.07) is 6.93. The Balaban J connectivity index is 2.23. The minimum Gasteiger partial charge on any atom is -0.401 e. The Morgan fingerprint density at radius 3 is 2.00 bits per heavy atom. The highest BCUT2D eigenvalue weighted by atomic mass is 28.4. The first-order chi connectivity index (χ1) is 10.0. The predicted octanol–water partition coefficient (Wildman–Crippen LogP) is 5.28. The Morgan fingerprint density at radius 2 is 1.64 bits per heavy atom. The van der Waals surface area contributed by atoms with E-state index in [1.807, 2.05) is 0 Å². The molecule has 1 atom stereocenters. The van der Waals surface area contributed by atoms with Crippen LogP contribution in [0.15, 0.2) is 24.3 Å². The molecule has 1 saturated carbocycles. The zero-order valence-corrected chi connectivity index (χ0v) is 14.6. The van der Waals surface area contributed by atoms with E-state index in [0.717, 1.165) is 25.5 Å². The van der Waals surface area contributed by atoms with E-state index in [1.54, 1.807) is 31.8 Å². The molecule has 1 unspecified atom stereocenters. The summed E-state index contributed by atoms with van der Waals surface area (Å²) in [7, 11) is -2.36. The molecule has 2 nitrogen and oxygen atoms in total. The number of alkyl halides is 3. The lowest BCUT2D eigenvalue weighted by atomic mass is 9.92. The van der Waals surface area contributed by atoms with Gasteiger partial charge in [0.05, 0.1) is 0 Å². The molecular formula is C16H24F3NOSi. The van der Waals surface area contributed by atoms with E-state index in [1.165, 1.54) is 18.6 Å².